The van der Waals surface area contributed by atoms with Gasteiger partial charge in [-0.3, -0.25) is 0 Å². The van der Waals surface area contributed by atoms with Gasteiger partial charge in [0.05, 0.1) is 12.6 Å². The Balaban J connectivity index is 2.31. The van der Waals surface area contributed by atoms with Crippen molar-refractivity contribution in [2.45, 2.75) is 19.8 Å². The molecular weight excluding hydrogens is 264 g/mol. The SMILES string of the molecule is COc1cccc(-n2cc(C(C)C)c3ncnc(N)c32)c1. The van der Waals surface area contributed by atoms with Crippen molar-refractivity contribution in [1.29, 1.82) is 0 Å². The highest BCUT2D eigenvalue weighted by Gasteiger charge is 2.16. The van der Waals surface area contributed by atoms with E-state index in [-0.39, 0.29) is 0 Å². The summed E-state index contributed by atoms with van der Waals surface area (Å²) in [6.45, 7) is 4.28. The van der Waals surface area contributed by atoms with Gasteiger partial charge in [0.2, 0.25) is 0 Å². The minimum Gasteiger partial charge on any atom is -0.497 e. The summed E-state index contributed by atoms with van der Waals surface area (Å²) in [4.78, 5) is 8.53. The summed E-state index contributed by atoms with van der Waals surface area (Å²) in [6.07, 6.45) is 3.59. The van der Waals surface area contributed by atoms with E-state index in [1.807, 2.05) is 28.8 Å². The Morgan fingerprint density at radius 3 is 2.76 bits per heavy atom. The van der Waals surface area contributed by atoms with Crippen molar-refractivity contribution in [3.05, 3.63) is 42.4 Å². The van der Waals surface area contributed by atoms with Crippen LogP contribution < -0.4 is 10.5 Å². The molecule has 5 nitrogen and oxygen atoms in total. The summed E-state index contributed by atoms with van der Waals surface area (Å²) in [5.74, 6) is 1.64. The topological polar surface area (TPSA) is 66.0 Å². The average Bonchev–Trinajstić information content (AvgIpc) is 2.88. The molecule has 0 aliphatic heterocycles. The molecule has 0 radical (unpaired) electrons. The Morgan fingerprint density at radius 2 is 2.05 bits per heavy atom. The zero-order chi connectivity index (χ0) is 15.0. The number of nitrogens with zero attached hydrogens (tertiary/aromatic N) is 3. The number of nitrogens with two attached hydrogens (primary N) is 1. The highest BCUT2D eigenvalue weighted by atomic mass is 16.5. The number of nitrogen functional groups attached to an aromatic ring is 1. The van der Waals surface area contributed by atoms with Crippen LogP contribution >= 0.6 is 0 Å². The molecule has 21 heavy (non-hydrogen) atoms. The molecule has 0 amide bonds. The van der Waals surface area contributed by atoms with Crippen LogP contribution in [0.1, 0.15) is 25.3 Å². The van der Waals surface area contributed by atoms with Gasteiger partial charge >= 0.3 is 0 Å². The predicted molar refractivity (Wildman–Crippen MR) is 83.9 cm³/mol. The molecule has 0 bridgehead atoms. The van der Waals surface area contributed by atoms with Crippen LogP contribution in [0.15, 0.2) is 36.8 Å². The van der Waals surface area contributed by atoms with Gasteiger partial charge in [-0.25, -0.2) is 9.97 Å². The Morgan fingerprint density at radius 1 is 1.24 bits per heavy atom. The fraction of sp³-hybridized carbons (Fsp3) is 0.250. The summed E-state index contributed by atoms with van der Waals surface area (Å²) >= 11 is 0. The minimum atomic E-state index is 0.355. The fourth-order valence-electron chi connectivity index (χ4n) is 2.49. The summed E-state index contributed by atoms with van der Waals surface area (Å²) in [5, 5.41) is 0. The van der Waals surface area contributed by atoms with E-state index in [0.717, 1.165) is 28.0 Å². The maximum Gasteiger partial charge on any atom is 0.151 e. The molecular formula is C16H18N4O. The van der Waals surface area contributed by atoms with Crippen molar-refractivity contribution in [1.82, 2.24) is 14.5 Å². The first-order chi connectivity index (χ1) is 10.1. The number of aromatic nitrogens is 3. The lowest BCUT2D eigenvalue weighted by atomic mass is 10.1. The Hall–Kier alpha value is -2.56. The number of hydrogen-bond donors (Lipinski definition) is 1. The van der Waals surface area contributed by atoms with Crippen LogP contribution in [0.25, 0.3) is 16.7 Å². The number of methoxy groups -OCH3 is 1. The smallest absolute Gasteiger partial charge is 0.151 e. The van der Waals surface area contributed by atoms with E-state index in [0.29, 0.717) is 11.7 Å². The number of hydrogen-bond acceptors (Lipinski definition) is 4. The molecule has 2 N–H and O–H groups in total. The zero-order valence-electron chi connectivity index (χ0n) is 12.4. The van der Waals surface area contributed by atoms with Crippen molar-refractivity contribution in [2.75, 3.05) is 12.8 Å². The standard InChI is InChI=1S/C16H18N4O/c1-10(2)13-8-20(11-5-4-6-12(7-11)21-3)15-14(13)18-9-19-16(15)17/h4-10H,1-3H3,(H2,17,18,19). The third-order valence-electron chi connectivity index (χ3n) is 3.59. The fourth-order valence-corrected chi connectivity index (χ4v) is 2.49. The molecule has 0 atom stereocenters. The van der Waals surface area contributed by atoms with Gasteiger partial charge in [0.1, 0.15) is 17.6 Å². The van der Waals surface area contributed by atoms with Gasteiger partial charge in [0.25, 0.3) is 0 Å². The normalized spacial score (nSPS) is 11.2. The lowest BCUT2D eigenvalue weighted by Gasteiger charge is -2.08. The Kier molecular flexibility index (Phi) is 3.25. The first-order valence-electron chi connectivity index (χ1n) is 6.87. The van der Waals surface area contributed by atoms with E-state index in [1.54, 1.807) is 7.11 Å². The van der Waals surface area contributed by atoms with Gasteiger partial charge < -0.3 is 15.0 Å². The molecule has 5 heteroatoms. The molecule has 0 aliphatic rings. The molecule has 0 aliphatic carbocycles. The molecule has 2 aromatic heterocycles. The lowest BCUT2D eigenvalue weighted by molar-refractivity contribution is 0.414. The summed E-state index contributed by atoms with van der Waals surface area (Å²) in [5.41, 5.74) is 9.95. The minimum absolute atomic E-state index is 0.355. The van der Waals surface area contributed by atoms with Gasteiger partial charge in [0, 0.05) is 18.0 Å². The first-order valence-corrected chi connectivity index (χ1v) is 6.87. The Labute approximate surface area is 123 Å². The molecule has 2 heterocycles. The quantitative estimate of drug-likeness (QED) is 0.801. The third-order valence-corrected chi connectivity index (χ3v) is 3.59. The lowest BCUT2D eigenvalue weighted by Crippen LogP contribution is -1.99. The monoisotopic (exact) mass is 282 g/mol. The number of rotatable bonds is 3. The van der Waals surface area contributed by atoms with Crippen LogP contribution in [-0.2, 0) is 0 Å². The molecule has 0 unspecified atom stereocenters. The van der Waals surface area contributed by atoms with E-state index < -0.39 is 0 Å². The van der Waals surface area contributed by atoms with Crippen LogP contribution in [0.5, 0.6) is 5.75 Å². The van der Waals surface area contributed by atoms with E-state index in [4.69, 9.17) is 10.5 Å². The van der Waals surface area contributed by atoms with Gasteiger partial charge in [0.15, 0.2) is 5.82 Å². The van der Waals surface area contributed by atoms with Crippen LogP contribution in [0.2, 0.25) is 0 Å². The molecule has 0 saturated carbocycles. The van der Waals surface area contributed by atoms with E-state index in [2.05, 4.69) is 30.0 Å². The van der Waals surface area contributed by atoms with Gasteiger partial charge in [-0.1, -0.05) is 19.9 Å². The van der Waals surface area contributed by atoms with E-state index in [1.165, 1.54) is 6.33 Å². The van der Waals surface area contributed by atoms with Crippen LogP contribution in [-0.4, -0.2) is 21.6 Å². The van der Waals surface area contributed by atoms with Crippen molar-refractivity contribution < 1.29 is 4.74 Å². The van der Waals surface area contributed by atoms with Crippen LogP contribution in [0, 0.1) is 0 Å². The number of ether oxygens (including phenoxy) is 1. The first kappa shape index (κ1) is 13.4. The molecule has 0 fully saturated rings. The number of fused-ring (bicyclic) bond motifs is 1. The summed E-state index contributed by atoms with van der Waals surface area (Å²) in [7, 11) is 1.66. The van der Waals surface area contributed by atoms with Gasteiger partial charge in [-0.2, -0.15) is 0 Å². The predicted octanol–water partition coefficient (Wildman–Crippen LogP) is 3.13. The van der Waals surface area contributed by atoms with Crippen LogP contribution in [0.3, 0.4) is 0 Å². The van der Waals surface area contributed by atoms with E-state index in [9.17, 15) is 0 Å². The highest BCUT2D eigenvalue weighted by molar-refractivity contribution is 5.89. The second-order valence-electron chi connectivity index (χ2n) is 5.27. The zero-order valence-corrected chi connectivity index (χ0v) is 12.4. The average molecular weight is 282 g/mol. The number of benzene rings is 1. The highest BCUT2D eigenvalue weighted by Crippen LogP contribution is 2.31. The molecule has 3 aromatic rings. The molecule has 0 spiro atoms. The van der Waals surface area contributed by atoms with Gasteiger partial charge in [-0.05, 0) is 23.6 Å². The maximum absolute atomic E-state index is 6.08. The number of anilines is 1. The largest absolute Gasteiger partial charge is 0.497 e. The molecule has 108 valence electrons. The summed E-state index contributed by atoms with van der Waals surface area (Å²) < 4.78 is 7.33. The van der Waals surface area contributed by atoms with Crippen molar-refractivity contribution in [3.8, 4) is 11.4 Å². The molecule has 3 rings (SSSR count). The van der Waals surface area contributed by atoms with Crippen molar-refractivity contribution in [2.24, 2.45) is 0 Å². The second kappa shape index (κ2) is 5.09. The van der Waals surface area contributed by atoms with Crippen LogP contribution in [0.4, 0.5) is 5.82 Å². The second-order valence-corrected chi connectivity index (χ2v) is 5.27. The third kappa shape index (κ3) is 2.20. The van der Waals surface area contributed by atoms with E-state index >= 15 is 0 Å². The van der Waals surface area contributed by atoms with Gasteiger partial charge in [-0.15, -0.1) is 0 Å². The summed E-state index contributed by atoms with van der Waals surface area (Å²) in [6, 6.07) is 7.85. The molecule has 0 saturated heterocycles. The van der Waals surface area contributed by atoms with Crippen molar-refractivity contribution >= 4 is 16.9 Å². The molecule has 1 aromatic carbocycles. The Bertz CT molecular complexity index is 792. The maximum atomic E-state index is 6.08. The van der Waals surface area contributed by atoms with Crippen molar-refractivity contribution in [3.63, 3.8) is 0 Å².